The first-order valence-electron chi connectivity index (χ1n) is 7.33. The van der Waals surface area contributed by atoms with Gasteiger partial charge in [-0.1, -0.05) is 36.4 Å². The number of rotatable bonds is 4. The lowest BCUT2D eigenvalue weighted by Crippen LogP contribution is -2.26. The van der Waals surface area contributed by atoms with Crippen LogP contribution in [0.15, 0.2) is 79.1 Å². The van der Waals surface area contributed by atoms with E-state index in [1.54, 1.807) is 0 Å². The van der Waals surface area contributed by atoms with Gasteiger partial charge in [-0.2, -0.15) is 0 Å². The number of benzene rings is 2. The summed E-state index contributed by atoms with van der Waals surface area (Å²) in [5.74, 6) is -0.0645. The molecule has 0 spiro atoms. The average Bonchev–Trinajstić information content (AvgIpc) is 3.10. The molecule has 1 atom stereocenters. The minimum atomic E-state index is -0.0645. The first-order valence-corrected chi connectivity index (χ1v) is 7.33. The van der Waals surface area contributed by atoms with Gasteiger partial charge in [-0.3, -0.25) is 4.79 Å². The first-order chi connectivity index (χ1) is 10.7. The Kier molecular flexibility index (Phi) is 4.05. The minimum absolute atomic E-state index is 0.0241. The maximum Gasteiger partial charge on any atom is 0.251 e. The van der Waals surface area contributed by atoms with Gasteiger partial charge in [0.1, 0.15) is 0 Å². The molecular formula is C19H18N2O. The monoisotopic (exact) mass is 290 g/mol. The summed E-state index contributed by atoms with van der Waals surface area (Å²) in [5.41, 5.74) is 2.73. The number of carbonyl (C=O) groups is 1. The van der Waals surface area contributed by atoms with Gasteiger partial charge in [0.05, 0.1) is 6.04 Å². The molecule has 3 aromatic rings. The average molecular weight is 290 g/mol. The molecule has 3 rings (SSSR count). The summed E-state index contributed by atoms with van der Waals surface area (Å²) in [6.45, 7) is 1.99. The molecule has 0 bridgehead atoms. The molecule has 0 saturated carbocycles. The fraction of sp³-hybridized carbons (Fsp3) is 0.105. The third-order valence-electron chi connectivity index (χ3n) is 3.66. The van der Waals surface area contributed by atoms with Crippen LogP contribution in [0.1, 0.15) is 28.9 Å². The quantitative estimate of drug-likeness (QED) is 0.775. The van der Waals surface area contributed by atoms with E-state index in [2.05, 4.69) is 5.32 Å². The molecule has 1 amide bonds. The molecule has 0 fully saturated rings. The molecule has 1 heterocycles. The number of hydrogen-bond acceptors (Lipinski definition) is 1. The van der Waals surface area contributed by atoms with Crippen molar-refractivity contribution < 1.29 is 4.79 Å². The Morgan fingerprint density at radius 3 is 2.41 bits per heavy atom. The normalized spacial score (nSPS) is 11.9. The van der Waals surface area contributed by atoms with Crippen molar-refractivity contribution in [1.29, 1.82) is 0 Å². The van der Waals surface area contributed by atoms with Crippen LogP contribution in [-0.4, -0.2) is 10.5 Å². The van der Waals surface area contributed by atoms with Crippen molar-refractivity contribution in [2.24, 2.45) is 0 Å². The van der Waals surface area contributed by atoms with E-state index in [0.717, 1.165) is 11.3 Å². The van der Waals surface area contributed by atoms with Crippen LogP contribution >= 0.6 is 0 Å². The highest BCUT2D eigenvalue weighted by Gasteiger charge is 2.11. The van der Waals surface area contributed by atoms with Crippen LogP contribution in [0.3, 0.4) is 0 Å². The van der Waals surface area contributed by atoms with Gasteiger partial charge in [0.15, 0.2) is 0 Å². The largest absolute Gasteiger partial charge is 0.346 e. The van der Waals surface area contributed by atoms with Gasteiger partial charge in [-0.25, -0.2) is 0 Å². The van der Waals surface area contributed by atoms with Crippen LogP contribution in [0, 0.1) is 0 Å². The van der Waals surface area contributed by atoms with E-state index < -0.39 is 0 Å². The number of aromatic nitrogens is 1. The molecular weight excluding hydrogens is 272 g/mol. The molecule has 0 radical (unpaired) electrons. The summed E-state index contributed by atoms with van der Waals surface area (Å²) in [6.07, 6.45) is 3.92. The number of nitrogens with one attached hydrogen (secondary N) is 1. The van der Waals surface area contributed by atoms with Crippen molar-refractivity contribution in [3.05, 3.63) is 90.3 Å². The molecule has 1 aromatic heterocycles. The maximum absolute atomic E-state index is 12.4. The molecule has 1 N–H and O–H groups in total. The van der Waals surface area contributed by atoms with Gasteiger partial charge in [-0.15, -0.1) is 0 Å². The summed E-state index contributed by atoms with van der Waals surface area (Å²) >= 11 is 0. The van der Waals surface area contributed by atoms with Crippen LogP contribution in [0.5, 0.6) is 0 Å². The lowest BCUT2D eigenvalue weighted by atomic mass is 10.1. The highest BCUT2D eigenvalue weighted by molar-refractivity contribution is 5.95. The van der Waals surface area contributed by atoms with Gasteiger partial charge in [0, 0.05) is 23.6 Å². The van der Waals surface area contributed by atoms with Crippen LogP contribution < -0.4 is 5.32 Å². The molecule has 0 saturated heterocycles. The van der Waals surface area contributed by atoms with E-state index in [0.29, 0.717) is 5.56 Å². The van der Waals surface area contributed by atoms with E-state index in [-0.39, 0.29) is 11.9 Å². The van der Waals surface area contributed by atoms with Crippen LogP contribution in [0.25, 0.3) is 5.69 Å². The second-order valence-electron chi connectivity index (χ2n) is 5.25. The maximum atomic E-state index is 12.4. The van der Waals surface area contributed by atoms with E-state index in [4.69, 9.17) is 0 Å². The second kappa shape index (κ2) is 6.31. The highest BCUT2D eigenvalue weighted by Crippen LogP contribution is 2.14. The van der Waals surface area contributed by atoms with Crippen molar-refractivity contribution in [1.82, 2.24) is 9.88 Å². The fourth-order valence-corrected chi connectivity index (χ4v) is 2.42. The van der Waals surface area contributed by atoms with E-state index >= 15 is 0 Å². The second-order valence-corrected chi connectivity index (χ2v) is 5.25. The molecule has 0 aliphatic carbocycles. The number of carbonyl (C=O) groups excluding carboxylic acids is 1. The standard InChI is InChI=1S/C19H18N2O/c1-15(16-8-3-2-4-9-16)20-19(22)17-10-7-11-18(14-17)21-12-5-6-13-21/h2-15H,1H3,(H,20,22). The highest BCUT2D eigenvalue weighted by atomic mass is 16.1. The molecule has 3 nitrogen and oxygen atoms in total. The van der Waals surface area contributed by atoms with Crippen LogP contribution in [-0.2, 0) is 0 Å². The SMILES string of the molecule is CC(NC(=O)c1cccc(-n2cccc2)c1)c1ccccc1. The fourth-order valence-electron chi connectivity index (χ4n) is 2.42. The Morgan fingerprint density at radius 1 is 0.955 bits per heavy atom. The number of amides is 1. The molecule has 1 unspecified atom stereocenters. The molecule has 0 aliphatic heterocycles. The zero-order valence-corrected chi connectivity index (χ0v) is 12.4. The van der Waals surface area contributed by atoms with Gasteiger partial charge in [-0.05, 0) is 42.8 Å². The van der Waals surface area contributed by atoms with Crippen molar-refractivity contribution >= 4 is 5.91 Å². The minimum Gasteiger partial charge on any atom is -0.346 e. The van der Waals surface area contributed by atoms with Crippen molar-refractivity contribution in [3.8, 4) is 5.69 Å². The molecule has 3 heteroatoms. The summed E-state index contributed by atoms with van der Waals surface area (Å²) in [4.78, 5) is 12.4. The molecule has 22 heavy (non-hydrogen) atoms. The molecule has 2 aromatic carbocycles. The third kappa shape index (κ3) is 3.09. The Bertz CT molecular complexity index is 748. The summed E-state index contributed by atoms with van der Waals surface area (Å²) in [7, 11) is 0. The van der Waals surface area contributed by atoms with Crippen molar-refractivity contribution in [2.75, 3.05) is 0 Å². The van der Waals surface area contributed by atoms with Gasteiger partial charge >= 0.3 is 0 Å². The number of hydrogen-bond donors (Lipinski definition) is 1. The molecule has 0 aliphatic rings. The topological polar surface area (TPSA) is 34.0 Å². The lowest BCUT2D eigenvalue weighted by Gasteiger charge is -2.15. The Labute approximate surface area is 130 Å². The van der Waals surface area contributed by atoms with Crippen LogP contribution in [0.4, 0.5) is 0 Å². The van der Waals surface area contributed by atoms with E-state index in [9.17, 15) is 4.79 Å². The van der Waals surface area contributed by atoms with Crippen molar-refractivity contribution in [3.63, 3.8) is 0 Å². The summed E-state index contributed by atoms with van der Waals surface area (Å²) in [5, 5.41) is 3.04. The lowest BCUT2D eigenvalue weighted by molar-refractivity contribution is 0.0940. The Hall–Kier alpha value is -2.81. The zero-order chi connectivity index (χ0) is 15.4. The summed E-state index contributed by atoms with van der Waals surface area (Å²) < 4.78 is 1.98. The Morgan fingerprint density at radius 2 is 1.68 bits per heavy atom. The van der Waals surface area contributed by atoms with Crippen molar-refractivity contribution in [2.45, 2.75) is 13.0 Å². The predicted octanol–water partition coefficient (Wildman–Crippen LogP) is 3.97. The van der Waals surface area contributed by atoms with E-state index in [1.165, 1.54) is 0 Å². The zero-order valence-electron chi connectivity index (χ0n) is 12.4. The third-order valence-corrected chi connectivity index (χ3v) is 3.66. The van der Waals surface area contributed by atoms with Gasteiger partial charge in [0.25, 0.3) is 5.91 Å². The molecule has 110 valence electrons. The summed E-state index contributed by atoms with van der Waals surface area (Å²) in [6, 6.07) is 21.5. The van der Waals surface area contributed by atoms with Crippen LogP contribution in [0.2, 0.25) is 0 Å². The smallest absolute Gasteiger partial charge is 0.251 e. The van der Waals surface area contributed by atoms with Gasteiger partial charge in [0.2, 0.25) is 0 Å². The van der Waals surface area contributed by atoms with E-state index in [1.807, 2.05) is 90.6 Å². The Balaban J connectivity index is 1.77. The first kappa shape index (κ1) is 14.1. The van der Waals surface area contributed by atoms with Gasteiger partial charge < -0.3 is 9.88 Å². The number of nitrogens with zero attached hydrogens (tertiary/aromatic N) is 1. The predicted molar refractivity (Wildman–Crippen MR) is 88.1 cm³/mol.